The number of allylic oxidation sites excluding steroid dienone is 2. The Morgan fingerprint density at radius 2 is 1.69 bits per heavy atom. The fraction of sp³-hybridized carbons (Fsp3) is 0.500. The molecule has 0 saturated heterocycles. The van der Waals surface area contributed by atoms with E-state index in [1.807, 2.05) is 72.0 Å². The summed E-state index contributed by atoms with van der Waals surface area (Å²) in [6.45, 7) is 12.0. The number of rotatable bonds is 1. The Bertz CT molecular complexity index is 270. The molecule has 92 valence electrons. The lowest BCUT2D eigenvalue weighted by molar-refractivity contribution is 0.704. The van der Waals surface area contributed by atoms with Crippen molar-refractivity contribution >= 4 is 5.84 Å². The highest BCUT2D eigenvalue weighted by molar-refractivity contribution is 6.03. The van der Waals surface area contributed by atoms with Gasteiger partial charge in [-0.2, -0.15) is 0 Å². The number of hydrogen-bond donors (Lipinski definition) is 0. The van der Waals surface area contributed by atoms with Gasteiger partial charge in [0, 0.05) is 25.0 Å². The van der Waals surface area contributed by atoms with Gasteiger partial charge in [0.1, 0.15) is 5.84 Å². The molecule has 0 amide bonds. The zero-order valence-corrected chi connectivity index (χ0v) is 11.8. The summed E-state index contributed by atoms with van der Waals surface area (Å²) in [6.07, 6.45) is 9.86. The molecule has 0 aliphatic carbocycles. The minimum Gasteiger partial charge on any atom is -0.336 e. The standard InChI is InChI=1S/C10H14N2.2C2H6/c1-4-7-11-10-9(5-2)6-8-12(10)3;2*1-2/h4-8H,1-3H3;2*1-2H3/b7-4-,9-5-,11-10+;;. The topological polar surface area (TPSA) is 15.6 Å². The molecule has 0 aromatic carbocycles. The van der Waals surface area contributed by atoms with E-state index in [2.05, 4.69) is 17.1 Å². The van der Waals surface area contributed by atoms with Crippen molar-refractivity contribution in [3.8, 4) is 0 Å². The Morgan fingerprint density at radius 1 is 1.12 bits per heavy atom. The van der Waals surface area contributed by atoms with E-state index in [0.29, 0.717) is 0 Å². The molecule has 0 saturated carbocycles. The second-order valence-electron chi connectivity index (χ2n) is 2.61. The molecule has 1 aliphatic rings. The van der Waals surface area contributed by atoms with Crippen LogP contribution in [0.3, 0.4) is 0 Å². The van der Waals surface area contributed by atoms with Crippen molar-refractivity contribution in [1.82, 2.24) is 4.90 Å². The molecular formula is C14H26N2. The van der Waals surface area contributed by atoms with Gasteiger partial charge in [-0.3, -0.25) is 0 Å². The normalized spacial score (nSPS) is 18.6. The maximum atomic E-state index is 4.31. The van der Waals surface area contributed by atoms with Crippen LogP contribution in [0.1, 0.15) is 41.5 Å². The van der Waals surface area contributed by atoms with E-state index in [1.165, 1.54) is 5.57 Å². The molecule has 0 N–H and O–H groups in total. The van der Waals surface area contributed by atoms with Gasteiger partial charge in [0.2, 0.25) is 0 Å². The van der Waals surface area contributed by atoms with Gasteiger partial charge in [-0.05, 0) is 19.9 Å². The third kappa shape index (κ3) is 5.54. The third-order valence-corrected chi connectivity index (χ3v) is 1.73. The van der Waals surface area contributed by atoms with Crippen molar-refractivity contribution in [3.05, 3.63) is 36.2 Å². The van der Waals surface area contributed by atoms with Crippen molar-refractivity contribution in [2.45, 2.75) is 41.5 Å². The van der Waals surface area contributed by atoms with Crippen LogP contribution in [-0.2, 0) is 0 Å². The molecule has 16 heavy (non-hydrogen) atoms. The van der Waals surface area contributed by atoms with Crippen molar-refractivity contribution in [3.63, 3.8) is 0 Å². The van der Waals surface area contributed by atoms with Crippen LogP contribution >= 0.6 is 0 Å². The van der Waals surface area contributed by atoms with Gasteiger partial charge in [0.25, 0.3) is 0 Å². The molecule has 0 unspecified atom stereocenters. The molecule has 0 aromatic heterocycles. The molecule has 0 radical (unpaired) electrons. The molecule has 0 aromatic rings. The van der Waals surface area contributed by atoms with E-state index in [4.69, 9.17) is 0 Å². The Kier molecular flexibility index (Phi) is 12.6. The lowest BCUT2D eigenvalue weighted by Crippen LogP contribution is -2.16. The fourth-order valence-corrected chi connectivity index (χ4v) is 1.08. The SMILES string of the molecule is CC.CC.C\C=C/N=C1\C(=C/C)C=CN1C. The van der Waals surface area contributed by atoms with Crippen LogP contribution in [0.15, 0.2) is 41.2 Å². The number of amidine groups is 1. The summed E-state index contributed by atoms with van der Waals surface area (Å²) in [4.78, 5) is 6.32. The summed E-state index contributed by atoms with van der Waals surface area (Å²) in [5.74, 6) is 1.01. The summed E-state index contributed by atoms with van der Waals surface area (Å²) >= 11 is 0. The first-order chi connectivity index (χ1) is 7.79. The van der Waals surface area contributed by atoms with Crippen molar-refractivity contribution < 1.29 is 0 Å². The van der Waals surface area contributed by atoms with Crippen LogP contribution in [0.5, 0.6) is 0 Å². The van der Waals surface area contributed by atoms with E-state index in [-0.39, 0.29) is 0 Å². The van der Waals surface area contributed by atoms with Gasteiger partial charge >= 0.3 is 0 Å². The molecule has 1 heterocycles. The largest absolute Gasteiger partial charge is 0.336 e. The average Bonchev–Trinajstić information content (AvgIpc) is 2.72. The summed E-state index contributed by atoms with van der Waals surface area (Å²) < 4.78 is 0. The third-order valence-electron chi connectivity index (χ3n) is 1.73. The Balaban J connectivity index is 0. The highest BCUT2D eigenvalue weighted by Crippen LogP contribution is 2.12. The summed E-state index contributed by atoms with van der Waals surface area (Å²) in [6, 6.07) is 0. The van der Waals surface area contributed by atoms with Crippen LogP contribution in [0.4, 0.5) is 0 Å². The van der Waals surface area contributed by atoms with Gasteiger partial charge < -0.3 is 4.90 Å². The smallest absolute Gasteiger partial charge is 0.139 e. The molecular weight excluding hydrogens is 196 g/mol. The molecule has 0 bridgehead atoms. The fourth-order valence-electron chi connectivity index (χ4n) is 1.08. The van der Waals surface area contributed by atoms with Gasteiger partial charge in [-0.25, -0.2) is 4.99 Å². The second kappa shape index (κ2) is 11.8. The summed E-state index contributed by atoms with van der Waals surface area (Å²) in [5, 5.41) is 0. The average molecular weight is 222 g/mol. The lowest BCUT2D eigenvalue weighted by Gasteiger charge is -2.09. The molecule has 1 rings (SSSR count). The van der Waals surface area contributed by atoms with Gasteiger partial charge in [0.05, 0.1) is 0 Å². The predicted molar refractivity (Wildman–Crippen MR) is 75.6 cm³/mol. The van der Waals surface area contributed by atoms with E-state index in [1.54, 1.807) is 0 Å². The van der Waals surface area contributed by atoms with Crippen LogP contribution in [0, 0.1) is 0 Å². The molecule has 1 aliphatic heterocycles. The lowest BCUT2D eigenvalue weighted by atomic mass is 10.2. The van der Waals surface area contributed by atoms with Crippen molar-refractivity contribution in [2.24, 2.45) is 4.99 Å². The zero-order chi connectivity index (χ0) is 13.0. The predicted octanol–water partition coefficient (Wildman–Crippen LogP) is 4.38. The summed E-state index contributed by atoms with van der Waals surface area (Å²) in [5.41, 5.74) is 1.18. The molecule has 0 spiro atoms. The quantitative estimate of drug-likeness (QED) is 0.643. The van der Waals surface area contributed by atoms with E-state index in [9.17, 15) is 0 Å². The molecule has 0 atom stereocenters. The van der Waals surface area contributed by atoms with Crippen LogP contribution in [-0.4, -0.2) is 17.8 Å². The Hall–Kier alpha value is -1.31. The number of nitrogens with zero attached hydrogens (tertiary/aromatic N) is 2. The number of aliphatic imine (C=N–C) groups is 1. The molecule has 0 fully saturated rings. The summed E-state index contributed by atoms with van der Waals surface area (Å²) in [7, 11) is 2.00. The first-order valence-electron chi connectivity index (χ1n) is 6.06. The maximum Gasteiger partial charge on any atom is 0.139 e. The zero-order valence-electron chi connectivity index (χ0n) is 11.8. The second-order valence-corrected chi connectivity index (χ2v) is 2.61. The number of likely N-dealkylation sites (N-methyl/N-ethyl adjacent to an activating group) is 1. The Morgan fingerprint density at radius 3 is 2.12 bits per heavy atom. The van der Waals surface area contributed by atoms with Crippen LogP contribution < -0.4 is 0 Å². The maximum absolute atomic E-state index is 4.31. The molecule has 2 heteroatoms. The van der Waals surface area contributed by atoms with Crippen molar-refractivity contribution in [2.75, 3.05) is 7.05 Å². The van der Waals surface area contributed by atoms with Gasteiger partial charge in [-0.15, -0.1) is 0 Å². The first kappa shape index (κ1) is 17.1. The monoisotopic (exact) mass is 222 g/mol. The van der Waals surface area contributed by atoms with Crippen LogP contribution in [0.2, 0.25) is 0 Å². The van der Waals surface area contributed by atoms with E-state index in [0.717, 1.165) is 5.84 Å². The highest BCUT2D eigenvalue weighted by atomic mass is 15.2. The molecule has 2 nitrogen and oxygen atoms in total. The first-order valence-corrected chi connectivity index (χ1v) is 6.06. The Labute approximate surface area is 101 Å². The van der Waals surface area contributed by atoms with Gasteiger partial charge in [-0.1, -0.05) is 39.8 Å². The van der Waals surface area contributed by atoms with E-state index < -0.39 is 0 Å². The van der Waals surface area contributed by atoms with Crippen molar-refractivity contribution in [1.29, 1.82) is 0 Å². The minimum atomic E-state index is 1.01. The van der Waals surface area contributed by atoms with E-state index >= 15 is 0 Å². The van der Waals surface area contributed by atoms with Crippen LogP contribution in [0.25, 0.3) is 0 Å². The minimum absolute atomic E-state index is 1.01. The number of hydrogen-bond acceptors (Lipinski definition) is 1. The van der Waals surface area contributed by atoms with Gasteiger partial charge in [0.15, 0.2) is 0 Å². The highest BCUT2D eigenvalue weighted by Gasteiger charge is 2.12.